The lowest BCUT2D eigenvalue weighted by Gasteiger charge is -2.34. The van der Waals surface area contributed by atoms with E-state index in [0.717, 1.165) is 192 Å². The number of rotatable bonds is 17. The average molecular weight is 1810 g/mol. The lowest BCUT2D eigenvalue weighted by Crippen LogP contribution is -2.48. The molecule has 0 radical (unpaired) electrons. The molecule has 14 aromatic rings. The maximum atomic E-state index is 12.8. The Morgan fingerprint density at radius 2 is 0.815 bits per heavy atom. The molecule has 4 aliphatic heterocycles. The Morgan fingerprint density at radius 1 is 0.411 bits per heavy atom. The minimum absolute atomic E-state index is 0.0477. The molecular weight excluding hydrogens is 1720 g/mol. The number of fused-ring (bicyclic) bond motifs is 4. The molecule has 3 aliphatic carbocycles. The lowest BCUT2D eigenvalue weighted by molar-refractivity contribution is -0.131. The molecule has 4 aromatic carbocycles. The summed E-state index contributed by atoms with van der Waals surface area (Å²) in [6, 6.07) is 28.1. The van der Waals surface area contributed by atoms with E-state index in [-0.39, 0.29) is 23.6 Å². The fraction of sp³-hybridized carbons (Fsp3) is 0.337. The Bertz CT molecular complexity index is 6310. The second-order valence-corrected chi connectivity index (χ2v) is 35.1. The molecule has 14 heterocycles. The van der Waals surface area contributed by atoms with Crippen LogP contribution in [0.15, 0.2) is 164 Å². The van der Waals surface area contributed by atoms with Crippen LogP contribution in [-0.4, -0.2) is 229 Å². The molecule has 10 aromatic heterocycles. The van der Waals surface area contributed by atoms with Gasteiger partial charge < -0.3 is 28.9 Å². The molecule has 3 saturated carbocycles. The zero-order valence-electron chi connectivity index (χ0n) is 67.9. The smallest absolute Gasteiger partial charge is 0.274 e. The summed E-state index contributed by atoms with van der Waals surface area (Å²) in [5.41, 5.74) is 19.0. The van der Waals surface area contributed by atoms with Crippen LogP contribution < -0.4 is 5.32 Å². The molecule has 35 heteroatoms. The second kappa shape index (κ2) is 36.9. The molecule has 4 amide bonds. The molecule has 28 nitrogen and oxygen atoms in total. The number of aromatic nitrogens is 15. The van der Waals surface area contributed by atoms with Crippen LogP contribution in [0.25, 0.3) is 79.0 Å². The molecule has 7 aliphatic rings. The number of halogens is 7. The molecule has 21 rings (SSSR count). The highest BCUT2D eigenvalue weighted by molar-refractivity contribution is 6.38. The van der Waals surface area contributed by atoms with Crippen molar-refractivity contribution >= 4 is 127 Å². The van der Waals surface area contributed by atoms with E-state index in [0.29, 0.717) is 110 Å². The van der Waals surface area contributed by atoms with E-state index in [1.807, 2.05) is 112 Å². The number of benzene rings is 4. The van der Waals surface area contributed by atoms with Crippen molar-refractivity contribution in [2.45, 2.75) is 96.3 Å². The number of amides is 4. The Morgan fingerprint density at radius 3 is 1.21 bits per heavy atom. The van der Waals surface area contributed by atoms with Crippen molar-refractivity contribution in [3.63, 3.8) is 0 Å². The summed E-state index contributed by atoms with van der Waals surface area (Å²) in [5, 5.41) is 11.0. The van der Waals surface area contributed by atoms with Crippen LogP contribution in [0.4, 0.5) is 0 Å². The van der Waals surface area contributed by atoms with E-state index in [2.05, 4.69) is 96.2 Å². The molecule has 0 bridgehead atoms. The number of carbonyl (C=O) groups excluding carboxylic acids is 4. The van der Waals surface area contributed by atoms with Gasteiger partial charge in [-0.2, -0.15) is 4.98 Å². The Hall–Kier alpha value is -10.6. The molecule has 0 atom stereocenters. The van der Waals surface area contributed by atoms with Gasteiger partial charge in [0.1, 0.15) is 11.3 Å². The standard InChI is InChI=1S/C25H23Cl2N7O.C22H23Cl2N5O.C22H21ClN6O2.C20H19Cl2N5O/c26-17-3-4-18(19(27)11-17)24-22(34-14-21(16-1-2-16)30-13-23(34)31-24)15-32-7-9-33(10-8-32)25(35)20-12-28-5-6-29-20;1-14(30)28-8-6-27(7-9-28)13-20-22(17-5-4-16(23)10-18(17)24)26-21-11-25-19(12-29(20)21)15-2-3-15;1-15(30)28-10-8-27(9-11-28)13-19-21(16-2-5-18(23)6-3-16)25-20-7-4-17(12-29(19)20)22-24-14-31-26-22;21-13-3-4-14(15(22)7-13)20-17(10-26-6-5-23-19(28)11-26)27-9-16(12-1-2-12)24-8-18(27)25-20/h3-6,11-14,16H,1-2,7-10,15H2;4-5,10-12,15H,2-3,6-9,13H2,1H3;2-7,12,14H,8-11,13H2,1H3;3-4,7-9,12H,1-2,5-6,10-11H2,(H,23,28). The van der Waals surface area contributed by atoms with Crippen molar-refractivity contribution in [1.82, 2.24) is 112 Å². The number of hydrogen-bond donors (Lipinski definition) is 1. The molecule has 7 fully saturated rings. The van der Waals surface area contributed by atoms with Crippen LogP contribution >= 0.6 is 81.2 Å². The summed E-state index contributed by atoms with van der Waals surface area (Å²) in [6.45, 7) is 16.8. The van der Waals surface area contributed by atoms with E-state index in [1.165, 1.54) is 51.1 Å². The number of piperazine rings is 4. The van der Waals surface area contributed by atoms with Crippen LogP contribution in [0.5, 0.6) is 0 Å². The minimum atomic E-state index is -0.0821. The first-order chi connectivity index (χ1) is 60.2. The van der Waals surface area contributed by atoms with Gasteiger partial charge in [-0.15, -0.1) is 0 Å². The van der Waals surface area contributed by atoms with Crippen molar-refractivity contribution in [3.8, 4) is 56.4 Å². The summed E-state index contributed by atoms with van der Waals surface area (Å²) >= 11 is 44.1. The molecule has 4 saturated heterocycles. The third kappa shape index (κ3) is 19.1. The fourth-order valence-corrected chi connectivity index (χ4v) is 17.9. The van der Waals surface area contributed by atoms with Gasteiger partial charge in [-0.05, 0) is 117 Å². The Kier molecular flexibility index (Phi) is 25.1. The van der Waals surface area contributed by atoms with Gasteiger partial charge in [-0.3, -0.25) is 71.9 Å². The summed E-state index contributed by atoms with van der Waals surface area (Å²) in [6.07, 6.45) is 27.0. The van der Waals surface area contributed by atoms with Crippen molar-refractivity contribution in [3.05, 3.63) is 240 Å². The van der Waals surface area contributed by atoms with Crippen LogP contribution in [0, 0.1) is 0 Å². The molecular formula is C89H86Cl7N23O5. The van der Waals surface area contributed by atoms with Gasteiger partial charge in [0.05, 0.1) is 109 Å². The van der Waals surface area contributed by atoms with Crippen molar-refractivity contribution < 1.29 is 23.7 Å². The molecule has 124 heavy (non-hydrogen) atoms. The van der Waals surface area contributed by atoms with Crippen LogP contribution in [0.2, 0.25) is 35.2 Å². The predicted molar refractivity (Wildman–Crippen MR) is 477 cm³/mol. The van der Waals surface area contributed by atoms with Gasteiger partial charge >= 0.3 is 0 Å². The van der Waals surface area contributed by atoms with Gasteiger partial charge in [-0.1, -0.05) is 98.5 Å². The Balaban J connectivity index is 0.000000113. The average Bonchev–Trinajstić information content (AvgIpc) is 1.62. The van der Waals surface area contributed by atoms with Crippen molar-refractivity contribution in [2.24, 2.45) is 0 Å². The molecule has 636 valence electrons. The first kappa shape index (κ1) is 84.3. The van der Waals surface area contributed by atoms with Gasteiger partial charge in [0.2, 0.25) is 29.9 Å². The van der Waals surface area contributed by atoms with Crippen LogP contribution in [0.1, 0.15) is 120 Å². The van der Waals surface area contributed by atoms with Gasteiger partial charge in [0.15, 0.2) is 16.9 Å². The number of carbonyl (C=O) groups is 4. The van der Waals surface area contributed by atoms with Gasteiger partial charge in [-0.25, -0.2) is 24.9 Å². The number of pyridine rings is 1. The minimum Gasteiger partial charge on any atom is -0.354 e. The zero-order valence-corrected chi connectivity index (χ0v) is 73.2. The number of hydrogen-bond acceptors (Lipinski definition) is 20. The van der Waals surface area contributed by atoms with Crippen LogP contribution in [0.3, 0.4) is 0 Å². The lowest BCUT2D eigenvalue weighted by atomic mass is 10.1. The first-order valence-corrected chi connectivity index (χ1v) is 44.1. The summed E-state index contributed by atoms with van der Waals surface area (Å²) in [4.78, 5) is 109. The zero-order chi connectivity index (χ0) is 85.4. The predicted octanol–water partition coefficient (Wildman–Crippen LogP) is 15.5. The quantitative estimate of drug-likeness (QED) is 0.0887. The maximum Gasteiger partial charge on any atom is 0.274 e. The molecule has 0 unspecified atom stereocenters. The summed E-state index contributed by atoms with van der Waals surface area (Å²) < 4.78 is 13.4. The third-order valence-electron chi connectivity index (χ3n) is 23.6. The largest absolute Gasteiger partial charge is 0.354 e. The topological polar surface area (TPSA) is 276 Å². The van der Waals surface area contributed by atoms with Gasteiger partial charge in [0, 0.05) is 234 Å². The highest BCUT2D eigenvalue weighted by Gasteiger charge is 2.34. The second-order valence-electron chi connectivity index (χ2n) is 32.1. The molecule has 0 spiro atoms. The van der Waals surface area contributed by atoms with Crippen molar-refractivity contribution in [2.75, 3.05) is 98.2 Å². The third-order valence-corrected chi connectivity index (χ3v) is 25.5. The van der Waals surface area contributed by atoms with E-state index >= 15 is 0 Å². The van der Waals surface area contributed by atoms with E-state index in [4.69, 9.17) is 106 Å². The van der Waals surface area contributed by atoms with E-state index in [1.54, 1.807) is 44.4 Å². The number of nitrogens with one attached hydrogen (secondary N) is 1. The summed E-state index contributed by atoms with van der Waals surface area (Å²) in [5.74, 6) is 2.40. The highest BCUT2D eigenvalue weighted by atomic mass is 35.5. The van der Waals surface area contributed by atoms with E-state index in [9.17, 15) is 19.2 Å². The molecule has 1 N–H and O–H groups in total. The van der Waals surface area contributed by atoms with Crippen molar-refractivity contribution in [1.29, 1.82) is 0 Å². The summed E-state index contributed by atoms with van der Waals surface area (Å²) in [7, 11) is 0. The SMILES string of the molecule is CC(=O)N1CCN(Cc2c(-c3ccc(Cl)cc3)nc3ccc(-c4ncon4)cn23)CC1.CC(=O)N1CCN(Cc2c(-c3ccc(Cl)cc3Cl)nc3cnc(C4CC4)cn23)CC1.O=C(c1cnccn1)N1CCN(Cc2c(-c3ccc(Cl)cc3Cl)nc3cnc(C4CC4)cn23)CC1.O=C1CN(Cc2c(-c3ccc(Cl)cc3Cl)nc3cnc(C4CC4)cn23)CCN1. The maximum absolute atomic E-state index is 12.8. The highest BCUT2D eigenvalue weighted by Crippen LogP contribution is 2.44. The Labute approximate surface area is 749 Å². The fourth-order valence-electron chi connectivity index (χ4n) is 16.3. The van der Waals surface area contributed by atoms with E-state index < -0.39 is 0 Å². The monoisotopic (exact) mass is 1800 g/mol. The van der Waals surface area contributed by atoms with Crippen LogP contribution in [-0.2, 0) is 40.6 Å². The number of imidazole rings is 4. The van der Waals surface area contributed by atoms with Gasteiger partial charge in [0.25, 0.3) is 5.91 Å². The first-order valence-electron chi connectivity index (χ1n) is 41.5. The normalized spacial score (nSPS) is 16.8. The number of nitrogens with zero attached hydrogens (tertiary/aromatic N) is 22.